The number of Topliss-reactive ketones (excluding diaryl/α,β-unsaturated/α-hetero) is 1. The molecular formula is C54H97N9O31. The third-order valence-corrected chi connectivity index (χ3v) is 15.5. The molecule has 0 unspecified atom stereocenters. The van der Waals surface area contributed by atoms with E-state index in [1.165, 1.54) is 11.8 Å². The summed E-state index contributed by atoms with van der Waals surface area (Å²) in [5.74, 6) is -5.35. The van der Waals surface area contributed by atoms with Crippen LogP contribution in [0.2, 0.25) is 0 Å². The second kappa shape index (κ2) is 42.3. The summed E-state index contributed by atoms with van der Waals surface area (Å²) in [7, 11) is 0. The van der Waals surface area contributed by atoms with E-state index in [0.29, 0.717) is 19.4 Å². The lowest BCUT2D eigenvalue weighted by atomic mass is 9.99. The topological polar surface area (TPSA) is 622 Å². The van der Waals surface area contributed by atoms with Crippen molar-refractivity contribution in [2.75, 3.05) is 125 Å². The monoisotopic (exact) mass is 1370 g/mol. The van der Waals surface area contributed by atoms with Crippen molar-refractivity contribution in [2.24, 2.45) is 5.73 Å². The number of hydrogen-bond donors (Lipinski definition) is 23. The average molecular weight is 1370 g/mol. The molecule has 544 valence electrons. The number of amides is 6. The van der Waals surface area contributed by atoms with Crippen LogP contribution >= 0.6 is 0 Å². The van der Waals surface area contributed by atoms with Crippen molar-refractivity contribution in [1.29, 1.82) is 0 Å². The van der Waals surface area contributed by atoms with E-state index in [4.69, 9.17) is 43.6 Å². The highest BCUT2D eigenvalue weighted by atomic mass is 16.7. The van der Waals surface area contributed by atoms with Crippen LogP contribution in [0, 0.1) is 0 Å². The van der Waals surface area contributed by atoms with Gasteiger partial charge in [0.2, 0.25) is 35.4 Å². The van der Waals surface area contributed by atoms with E-state index in [2.05, 4.69) is 31.9 Å². The van der Waals surface area contributed by atoms with Crippen LogP contribution in [0.5, 0.6) is 0 Å². The molecule has 4 rings (SSSR count). The van der Waals surface area contributed by atoms with Crippen LogP contribution in [0.4, 0.5) is 0 Å². The molecule has 0 aromatic rings. The highest BCUT2D eigenvalue weighted by Gasteiger charge is 2.47. The molecule has 0 bridgehead atoms. The lowest BCUT2D eigenvalue weighted by Gasteiger charge is -2.39. The molecule has 0 aliphatic carbocycles. The van der Waals surface area contributed by atoms with Crippen LogP contribution in [0.15, 0.2) is 0 Å². The van der Waals surface area contributed by atoms with E-state index in [1.54, 1.807) is 0 Å². The molecule has 4 fully saturated rings. The molecule has 40 nitrogen and oxygen atoms in total. The van der Waals surface area contributed by atoms with Gasteiger partial charge in [-0.25, -0.2) is 0 Å². The van der Waals surface area contributed by atoms with Gasteiger partial charge in [0.15, 0.2) is 30.9 Å². The van der Waals surface area contributed by atoms with Crippen LogP contribution in [-0.4, -0.2) is 392 Å². The minimum absolute atomic E-state index is 0.268. The Kier molecular flexibility index (Phi) is 36.8. The maximum atomic E-state index is 14.6. The van der Waals surface area contributed by atoms with Gasteiger partial charge in [0, 0.05) is 45.7 Å². The molecule has 24 N–H and O–H groups in total. The predicted octanol–water partition coefficient (Wildman–Crippen LogP) is -15.2. The van der Waals surface area contributed by atoms with Crippen molar-refractivity contribution < 1.29 is 153 Å². The molecule has 4 aliphatic heterocycles. The van der Waals surface area contributed by atoms with Crippen LogP contribution in [0.3, 0.4) is 0 Å². The molecule has 0 saturated carbocycles. The Morgan fingerprint density at radius 2 is 0.755 bits per heavy atom. The highest BCUT2D eigenvalue weighted by molar-refractivity contribution is 5.89. The first-order valence-corrected chi connectivity index (χ1v) is 30.7. The van der Waals surface area contributed by atoms with E-state index >= 15 is 0 Å². The van der Waals surface area contributed by atoms with E-state index in [-0.39, 0.29) is 38.4 Å². The summed E-state index contributed by atoms with van der Waals surface area (Å²) >= 11 is 0. The third-order valence-electron chi connectivity index (χ3n) is 15.5. The molecule has 4 saturated heterocycles. The summed E-state index contributed by atoms with van der Waals surface area (Å²) in [6.07, 6.45) is -32.3. The van der Waals surface area contributed by atoms with Crippen LogP contribution < -0.4 is 37.6 Å². The summed E-state index contributed by atoms with van der Waals surface area (Å²) in [5, 5.41) is 177. The number of ether oxygens (including phenoxy) is 8. The Morgan fingerprint density at radius 1 is 0.426 bits per heavy atom. The maximum absolute atomic E-state index is 14.6. The smallest absolute Gasteiger partial charge is 0.237 e. The number of carbonyl (C=O) groups is 7. The second-order valence-electron chi connectivity index (χ2n) is 22.6. The minimum atomic E-state index is -1.80. The number of nitrogens with zero attached hydrogens (tertiary/aromatic N) is 2. The van der Waals surface area contributed by atoms with E-state index in [1.807, 2.05) is 0 Å². The predicted molar refractivity (Wildman–Crippen MR) is 310 cm³/mol. The zero-order valence-electron chi connectivity index (χ0n) is 51.9. The van der Waals surface area contributed by atoms with Gasteiger partial charge in [0.25, 0.3) is 0 Å². The van der Waals surface area contributed by atoms with Gasteiger partial charge in [-0.1, -0.05) is 0 Å². The molecule has 94 heavy (non-hydrogen) atoms. The van der Waals surface area contributed by atoms with Gasteiger partial charge in [-0.15, -0.1) is 0 Å². The standard InChI is InChI=1S/C54H97N9O31/c1-26(68)27(4-2-3-7-55)61-33(69)5-8-60-50(86)28(63(20-36(72)58-11-16-89-53-48(84)44(80)40(76)31(24-66)93-53)21-37(73)59-12-17-90-54-49(85)45(81)41(77)32(25-67)94-54)6-13-62(18-34(70)56-9-14-87-51-46(82)42(78)38(74)29(22-64)91-51)19-35(71)57-10-15-88-52-47(83)43(79)39(75)30(23-65)92-52/h27-32,38-49,51-54,64-67,74-85H,2-25,55H2,1H3,(H,56,70)(H,57,71)(H,58,72)(H,59,73)(H,60,86)(H,61,69)/t27-,28+,29+,30+,31+,32+,38+,39+,40+,41+,42-,43-,44-,45-,46-,47-,48-,49-,51-,52-,53-,54-/m0/s1. The molecule has 0 aromatic heterocycles. The van der Waals surface area contributed by atoms with Gasteiger partial charge in [-0.3, -0.25) is 43.4 Å². The third kappa shape index (κ3) is 25.7. The molecular weight excluding hydrogens is 1270 g/mol. The first-order valence-electron chi connectivity index (χ1n) is 30.7. The van der Waals surface area contributed by atoms with E-state index in [9.17, 15) is 115 Å². The Hall–Kier alpha value is -4.59. The summed E-state index contributed by atoms with van der Waals surface area (Å²) in [6, 6.07) is -2.51. The highest BCUT2D eigenvalue weighted by Crippen LogP contribution is 2.25. The number of ketones is 1. The first-order chi connectivity index (χ1) is 44.7. The van der Waals surface area contributed by atoms with Crippen LogP contribution in [0.25, 0.3) is 0 Å². The van der Waals surface area contributed by atoms with E-state index < -0.39 is 275 Å². The van der Waals surface area contributed by atoms with Gasteiger partial charge in [-0.05, 0) is 39.2 Å². The molecule has 4 aliphatic rings. The Morgan fingerprint density at radius 3 is 1.06 bits per heavy atom. The Balaban J connectivity index is 1.61. The number of rotatable bonds is 42. The zero-order chi connectivity index (χ0) is 69.8. The van der Waals surface area contributed by atoms with Crippen LogP contribution in [0.1, 0.15) is 39.0 Å². The first kappa shape index (κ1) is 81.8. The zero-order valence-corrected chi connectivity index (χ0v) is 51.9. The number of nitrogens with two attached hydrogens (primary N) is 1. The molecule has 4 heterocycles. The van der Waals surface area contributed by atoms with Crippen molar-refractivity contribution in [3.8, 4) is 0 Å². The Labute approximate surface area is 539 Å². The molecule has 6 amide bonds. The van der Waals surface area contributed by atoms with Crippen molar-refractivity contribution in [1.82, 2.24) is 41.7 Å². The lowest BCUT2D eigenvalue weighted by Crippen LogP contribution is -2.59. The number of nitrogens with one attached hydrogen (secondary N) is 6. The number of aliphatic hydroxyl groups excluding tert-OH is 16. The summed E-state index contributed by atoms with van der Waals surface area (Å²) < 4.78 is 43.2. The van der Waals surface area contributed by atoms with Gasteiger partial charge < -0.3 is 157 Å². The van der Waals surface area contributed by atoms with Gasteiger partial charge >= 0.3 is 0 Å². The lowest BCUT2D eigenvalue weighted by molar-refractivity contribution is -0.300. The fraction of sp³-hybridized carbons (Fsp3) is 0.870. The fourth-order valence-electron chi connectivity index (χ4n) is 10.1. The van der Waals surface area contributed by atoms with Gasteiger partial charge in [0.1, 0.15) is 97.7 Å². The van der Waals surface area contributed by atoms with E-state index in [0.717, 1.165) is 4.90 Å². The van der Waals surface area contributed by atoms with Crippen molar-refractivity contribution in [3.05, 3.63) is 0 Å². The number of unbranched alkanes of at least 4 members (excludes halogenated alkanes) is 1. The maximum Gasteiger partial charge on any atom is 0.237 e. The fourth-order valence-corrected chi connectivity index (χ4v) is 10.1. The van der Waals surface area contributed by atoms with Crippen molar-refractivity contribution in [3.63, 3.8) is 0 Å². The minimum Gasteiger partial charge on any atom is -0.394 e. The SMILES string of the molecule is CC(=O)[C@H](CCCCN)NC(=O)CCNC(=O)[C@@H](CCN(CC(=O)NCCO[C@H]1O[C@H](CO)[C@@H](O)[C@H](O)[C@@H]1O)CC(=O)NCCO[C@H]1O[C@H](CO)[C@@H](O)[C@H](O)[C@@H]1O)N(CC(=O)NCCO[C@H]1O[C@H](CO)[C@@H](O)[C@H](O)[C@@H]1O)CC(=O)NCCO[C@H]1O[C@H](CO)[C@@H](O)[C@H](O)[C@@H]1O. The molecule has 0 radical (unpaired) electrons. The molecule has 40 heteroatoms. The molecule has 0 aromatic carbocycles. The quantitative estimate of drug-likeness (QED) is 0.0252. The largest absolute Gasteiger partial charge is 0.394 e. The number of carbonyl (C=O) groups excluding carboxylic acids is 7. The molecule has 22 atom stereocenters. The van der Waals surface area contributed by atoms with Gasteiger partial charge in [0.05, 0.1) is 91.1 Å². The van der Waals surface area contributed by atoms with Crippen molar-refractivity contribution >= 4 is 41.2 Å². The Bertz CT molecular complexity index is 2170. The van der Waals surface area contributed by atoms with Gasteiger partial charge in [-0.2, -0.15) is 0 Å². The number of aliphatic hydroxyl groups is 16. The van der Waals surface area contributed by atoms with Crippen molar-refractivity contribution in [2.45, 2.75) is 174 Å². The summed E-state index contributed by atoms with van der Waals surface area (Å²) in [6.45, 7) is -8.28. The molecule has 0 spiro atoms. The normalized spacial score (nSPS) is 31.9. The second-order valence-corrected chi connectivity index (χ2v) is 22.6. The average Bonchev–Trinajstić information content (AvgIpc) is 0.902. The summed E-state index contributed by atoms with van der Waals surface area (Å²) in [4.78, 5) is 97.8. The number of hydrogen-bond acceptors (Lipinski definition) is 34. The summed E-state index contributed by atoms with van der Waals surface area (Å²) in [5.41, 5.74) is 5.60. The van der Waals surface area contributed by atoms with Crippen LogP contribution in [-0.2, 0) is 71.5 Å².